The third-order valence-electron chi connectivity index (χ3n) is 5.20. The Kier molecular flexibility index (Phi) is 6.80. The summed E-state index contributed by atoms with van der Waals surface area (Å²) >= 11 is 0. The maximum Gasteiger partial charge on any atom is 0.260 e. The second-order valence-corrected chi connectivity index (χ2v) is 7.43. The summed E-state index contributed by atoms with van der Waals surface area (Å²) in [5.74, 6) is 2.13. The molecular formula is C23H30N2O3. The number of anilines is 1. The first-order valence-electron chi connectivity index (χ1n) is 9.96. The minimum Gasteiger partial charge on any atom is -0.497 e. The Morgan fingerprint density at radius 3 is 2.25 bits per heavy atom. The zero-order valence-corrected chi connectivity index (χ0v) is 17.1. The number of carbonyl (C=O) groups is 1. The highest BCUT2D eigenvalue weighted by atomic mass is 16.5. The molecule has 150 valence electrons. The molecule has 1 aliphatic heterocycles. The number of carbonyl (C=O) groups excluding carboxylic acids is 1. The van der Waals surface area contributed by atoms with Crippen LogP contribution in [0.1, 0.15) is 31.7 Å². The van der Waals surface area contributed by atoms with Crippen LogP contribution >= 0.6 is 0 Å². The highest BCUT2D eigenvalue weighted by Crippen LogP contribution is 2.21. The van der Waals surface area contributed by atoms with Crippen molar-refractivity contribution in [1.29, 1.82) is 0 Å². The third-order valence-corrected chi connectivity index (χ3v) is 5.20. The van der Waals surface area contributed by atoms with Gasteiger partial charge in [0.1, 0.15) is 11.5 Å². The lowest BCUT2D eigenvalue weighted by atomic mass is 10.0. The molecule has 0 atom stereocenters. The SMILES string of the molecule is COc1ccc(N2CCCN(C(=O)COc3ccc(C(C)C)cc3)CC2)cc1. The molecule has 0 aliphatic carbocycles. The number of benzene rings is 2. The number of ether oxygens (including phenoxy) is 2. The lowest BCUT2D eigenvalue weighted by Crippen LogP contribution is -2.38. The van der Waals surface area contributed by atoms with Gasteiger partial charge in [-0.1, -0.05) is 26.0 Å². The second kappa shape index (κ2) is 9.49. The summed E-state index contributed by atoms with van der Waals surface area (Å²) in [6, 6.07) is 16.1. The largest absolute Gasteiger partial charge is 0.497 e. The Hall–Kier alpha value is -2.69. The average molecular weight is 383 g/mol. The van der Waals surface area contributed by atoms with Gasteiger partial charge >= 0.3 is 0 Å². The Bertz CT molecular complexity index is 756. The monoisotopic (exact) mass is 382 g/mol. The summed E-state index contributed by atoms with van der Waals surface area (Å²) in [6.07, 6.45) is 0.945. The molecule has 0 bridgehead atoms. The Morgan fingerprint density at radius 1 is 0.929 bits per heavy atom. The smallest absolute Gasteiger partial charge is 0.260 e. The van der Waals surface area contributed by atoms with Crippen LogP contribution in [-0.2, 0) is 4.79 Å². The standard InChI is InChI=1S/C23H30N2O3/c1-18(2)19-5-9-22(10-6-19)28-17-23(26)25-14-4-13-24(15-16-25)20-7-11-21(27-3)12-8-20/h5-12,18H,4,13-17H2,1-3H3. The summed E-state index contributed by atoms with van der Waals surface area (Å²) in [5.41, 5.74) is 2.43. The summed E-state index contributed by atoms with van der Waals surface area (Å²) in [4.78, 5) is 16.8. The van der Waals surface area contributed by atoms with Crippen LogP contribution in [0.4, 0.5) is 5.69 Å². The number of nitrogens with zero attached hydrogens (tertiary/aromatic N) is 2. The van der Waals surface area contributed by atoms with Crippen molar-refractivity contribution in [3.05, 3.63) is 54.1 Å². The summed E-state index contributed by atoms with van der Waals surface area (Å²) in [6.45, 7) is 7.64. The van der Waals surface area contributed by atoms with Crippen LogP contribution in [0.2, 0.25) is 0 Å². The molecule has 1 saturated heterocycles. The molecule has 3 rings (SSSR count). The van der Waals surface area contributed by atoms with Crippen molar-refractivity contribution in [3.63, 3.8) is 0 Å². The van der Waals surface area contributed by atoms with E-state index >= 15 is 0 Å². The fourth-order valence-corrected chi connectivity index (χ4v) is 3.40. The summed E-state index contributed by atoms with van der Waals surface area (Å²) in [5, 5.41) is 0. The van der Waals surface area contributed by atoms with Crippen LogP contribution in [0.3, 0.4) is 0 Å². The van der Waals surface area contributed by atoms with Crippen LogP contribution in [0.25, 0.3) is 0 Å². The van der Waals surface area contributed by atoms with E-state index in [1.165, 1.54) is 5.56 Å². The highest BCUT2D eigenvalue weighted by Gasteiger charge is 2.19. The maximum atomic E-state index is 12.6. The topological polar surface area (TPSA) is 42.0 Å². The Balaban J connectivity index is 1.50. The van der Waals surface area contributed by atoms with Crippen LogP contribution in [-0.4, -0.2) is 50.7 Å². The van der Waals surface area contributed by atoms with E-state index in [0.717, 1.165) is 43.2 Å². The number of methoxy groups -OCH3 is 1. The molecule has 5 heteroatoms. The van der Waals surface area contributed by atoms with Crippen molar-refractivity contribution >= 4 is 11.6 Å². The van der Waals surface area contributed by atoms with E-state index in [4.69, 9.17) is 9.47 Å². The fourth-order valence-electron chi connectivity index (χ4n) is 3.40. The fraction of sp³-hybridized carbons (Fsp3) is 0.435. The molecule has 0 radical (unpaired) electrons. The number of hydrogen-bond donors (Lipinski definition) is 0. The van der Waals surface area contributed by atoms with Gasteiger partial charge in [-0.15, -0.1) is 0 Å². The van der Waals surface area contributed by atoms with Gasteiger partial charge < -0.3 is 19.3 Å². The van der Waals surface area contributed by atoms with Crippen LogP contribution < -0.4 is 14.4 Å². The van der Waals surface area contributed by atoms with Crippen molar-refractivity contribution in [2.75, 3.05) is 44.8 Å². The first-order chi connectivity index (χ1) is 13.6. The maximum absolute atomic E-state index is 12.6. The average Bonchev–Trinajstić information content (AvgIpc) is 2.99. The van der Waals surface area contributed by atoms with Crippen molar-refractivity contribution in [1.82, 2.24) is 4.90 Å². The minimum absolute atomic E-state index is 0.0458. The van der Waals surface area contributed by atoms with Gasteiger partial charge in [-0.25, -0.2) is 0 Å². The van der Waals surface area contributed by atoms with Gasteiger partial charge in [-0.3, -0.25) is 4.79 Å². The number of rotatable bonds is 6. The van der Waals surface area contributed by atoms with Crippen molar-refractivity contribution in [2.45, 2.75) is 26.2 Å². The Morgan fingerprint density at radius 2 is 1.61 bits per heavy atom. The predicted octanol–water partition coefficient (Wildman–Crippen LogP) is 3.94. The molecule has 0 spiro atoms. The molecule has 1 amide bonds. The second-order valence-electron chi connectivity index (χ2n) is 7.43. The molecule has 1 aliphatic rings. The van der Waals surface area contributed by atoms with E-state index in [-0.39, 0.29) is 12.5 Å². The molecule has 0 saturated carbocycles. The van der Waals surface area contributed by atoms with Crippen LogP contribution in [0, 0.1) is 0 Å². The van der Waals surface area contributed by atoms with E-state index in [1.807, 2.05) is 29.2 Å². The highest BCUT2D eigenvalue weighted by molar-refractivity contribution is 5.78. The van der Waals surface area contributed by atoms with Crippen LogP contribution in [0.15, 0.2) is 48.5 Å². The van der Waals surface area contributed by atoms with Gasteiger partial charge in [0.15, 0.2) is 6.61 Å². The van der Waals surface area contributed by atoms with Gasteiger partial charge in [0.05, 0.1) is 7.11 Å². The molecule has 0 aromatic heterocycles. The van der Waals surface area contributed by atoms with Gasteiger partial charge in [-0.05, 0) is 54.3 Å². The van der Waals surface area contributed by atoms with Gasteiger partial charge in [0.2, 0.25) is 0 Å². The first-order valence-corrected chi connectivity index (χ1v) is 9.96. The molecule has 1 heterocycles. The third kappa shape index (κ3) is 5.18. The molecule has 1 fully saturated rings. The van der Waals surface area contributed by atoms with E-state index in [9.17, 15) is 4.79 Å². The zero-order valence-electron chi connectivity index (χ0n) is 17.1. The Labute approximate surface area is 167 Å². The van der Waals surface area contributed by atoms with Gasteiger partial charge in [0.25, 0.3) is 5.91 Å². The van der Waals surface area contributed by atoms with E-state index in [1.54, 1.807) is 7.11 Å². The molecule has 0 N–H and O–H groups in total. The molecule has 2 aromatic carbocycles. The zero-order chi connectivity index (χ0) is 19.9. The normalized spacial score (nSPS) is 14.7. The van der Waals surface area contributed by atoms with Gasteiger partial charge in [0, 0.05) is 31.9 Å². The lowest BCUT2D eigenvalue weighted by molar-refractivity contribution is -0.133. The number of hydrogen-bond acceptors (Lipinski definition) is 4. The molecule has 2 aromatic rings. The van der Waals surface area contributed by atoms with Crippen molar-refractivity contribution in [3.8, 4) is 11.5 Å². The minimum atomic E-state index is 0.0458. The first kappa shape index (κ1) is 20.1. The quantitative estimate of drug-likeness (QED) is 0.759. The van der Waals surface area contributed by atoms with E-state index < -0.39 is 0 Å². The predicted molar refractivity (Wildman–Crippen MR) is 112 cm³/mol. The van der Waals surface area contributed by atoms with Crippen molar-refractivity contribution in [2.24, 2.45) is 0 Å². The van der Waals surface area contributed by atoms with E-state index in [0.29, 0.717) is 12.5 Å². The molecule has 28 heavy (non-hydrogen) atoms. The lowest BCUT2D eigenvalue weighted by Gasteiger charge is -2.24. The van der Waals surface area contributed by atoms with Gasteiger partial charge in [-0.2, -0.15) is 0 Å². The molecule has 5 nitrogen and oxygen atoms in total. The summed E-state index contributed by atoms with van der Waals surface area (Å²) in [7, 11) is 1.67. The van der Waals surface area contributed by atoms with Crippen LogP contribution in [0.5, 0.6) is 11.5 Å². The van der Waals surface area contributed by atoms with Crippen molar-refractivity contribution < 1.29 is 14.3 Å². The molecular weight excluding hydrogens is 352 g/mol. The summed E-state index contributed by atoms with van der Waals surface area (Å²) < 4.78 is 10.9. The molecule has 0 unspecified atom stereocenters. The number of amides is 1. The van der Waals surface area contributed by atoms with E-state index in [2.05, 4.69) is 43.0 Å².